The van der Waals surface area contributed by atoms with Gasteiger partial charge in [-0.05, 0) is 72.5 Å². The van der Waals surface area contributed by atoms with E-state index in [0.29, 0.717) is 6.42 Å². The molecule has 3 rings (SSSR count). The van der Waals surface area contributed by atoms with E-state index in [-0.39, 0.29) is 0 Å². The molecule has 0 saturated heterocycles. The quantitative estimate of drug-likeness (QED) is 0.447. The molecule has 0 saturated carbocycles. The van der Waals surface area contributed by atoms with E-state index in [1.165, 1.54) is 5.56 Å². The lowest BCUT2D eigenvalue weighted by Gasteiger charge is -2.11. The summed E-state index contributed by atoms with van der Waals surface area (Å²) >= 11 is 1.67. The maximum Gasteiger partial charge on any atom is 0.310 e. The fourth-order valence-electron chi connectivity index (χ4n) is 3.10. The predicted molar refractivity (Wildman–Crippen MR) is 117 cm³/mol. The van der Waals surface area contributed by atoms with E-state index in [9.17, 15) is 9.90 Å². The summed E-state index contributed by atoms with van der Waals surface area (Å²) in [7, 11) is 0. The number of carbonyl (C=O) groups is 1. The Morgan fingerprint density at radius 3 is 2.14 bits per heavy atom. The summed E-state index contributed by atoms with van der Waals surface area (Å²) in [5, 5.41) is 12.7. The molecule has 3 aromatic carbocycles. The van der Waals surface area contributed by atoms with Crippen LogP contribution in [0.1, 0.15) is 37.3 Å². The molecule has 1 atom stereocenters. The number of nitrogens with one attached hydrogen (secondary N) is 1. The Kier molecular flexibility index (Phi) is 6.77. The highest BCUT2D eigenvalue weighted by molar-refractivity contribution is 7.99. The van der Waals surface area contributed by atoms with Gasteiger partial charge in [0.25, 0.3) is 0 Å². The summed E-state index contributed by atoms with van der Waals surface area (Å²) in [6, 6.07) is 24.6. The highest BCUT2D eigenvalue weighted by Gasteiger charge is 2.17. The molecule has 0 bridgehead atoms. The van der Waals surface area contributed by atoms with Crippen LogP contribution in [0.4, 0.5) is 11.4 Å². The van der Waals surface area contributed by atoms with Crippen LogP contribution in [-0.4, -0.2) is 11.1 Å². The molecule has 1 unspecified atom stereocenters. The Balaban J connectivity index is 1.64. The number of aliphatic carboxylic acids is 1. The number of aryl methyl sites for hydroxylation is 1. The first kappa shape index (κ1) is 20.0. The van der Waals surface area contributed by atoms with Gasteiger partial charge in [0.2, 0.25) is 0 Å². The number of anilines is 2. The Morgan fingerprint density at radius 1 is 0.929 bits per heavy atom. The lowest BCUT2D eigenvalue weighted by Crippen LogP contribution is -2.10. The van der Waals surface area contributed by atoms with E-state index in [4.69, 9.17) is 0 Å². The zero-order valence-electron chi connectivity index (χ0n) is 16.2. The molecule has 0 aliphatic carbocycles. The minimum Gasteiger partial charge on any atom is -0.481 e. The Morgan fingerprint density at radius 2 is 1.57 bits per heavy atom. The molecular formula is C24H25NO2S. The molecule has 2 N–H and O–H groups in total. The minimum atomic E-state index is -0.768. The van der Waals surface area contributed by atoms with Crippen LogP contribution in [0.2, 0.25) is 0 Å². The van der Waals surface area contributed by atoms with Crippen molar-refractivity contribution >= 4 is 29.1 Å². The average Bonchev–Trinajstić information content (AvgIpc) is 2.71. The van der Waals surface area contributed by atoms with Crippen LogP contribution in [0.25, 0.3) is 0 Å². The van der Waals surface area contributed by atoms with Gasteiger partial charge in [-0.2, -0.15) is 0 Å². The van der Waals surface area contributed by atoms with Crippen LogP contribution >= 0.6 is 11.8 Å². The number of carboxylic acid groups (broad SMARTS) is 1. The number of hydrogen-bond acceptors (Lipinski definition) is 3. The fourth-order valence-corrected chi connectivity index (χ4v) is 3.92. The van der Waals surface area contributed by atoms with Gasteiger partial charge in [-0.3, -0.25) is 4.79 Å². The van der Waals surface area contributed by atoms with Gasteiger partial charge in [0.15, 0.2) is 0 Å². The third-order valence-electron chi connectivity index (χ3n) is 4.70. The van der Waals surface area contributed by atoms with Crippen molar-refractivity contribution < 1.29 is 9.90 Å². The third kappa shape index (κ3) is 5.17. The summed E-state index contributed by atoms with van der Waals surface area (Å²) < 4.78 is 0. The Hall–Kier alpha value is -2.72. The van der Waals surface area contributed by atoms with Gasteiger partial charge < -0.3 is 10.4 Å². The highest BCUT2D eigenvalue weighted by atomic mass is 32.2. The van der Waals surface area contributed by atoms with E-state index in [1.54, 1.807) is 11.8 Å². The lowest BCUT2D eigenvalue weighted by molar-refractivity contribution is -0.138. The monoisotopic (exact) mass is 391 g/mol. The smallest absolute Gasteiger partial charge is 0.310 e. The highest BCUT2D eigenvalue weighted by Crippen LogP contribution is 2.31. The molecule has 0 radical (unpaired) electrons. The largest absolute Gasteiger partial charge is 0.481 e. The molecule has 3 nitrogen and oxygen atoms in total. The molecule has 4 heteroatoms. The molecule has 0 aliphatic rings. The van der Waals surface area contributed by atoms with Crippen LogP contribution in [0.15, 0.2) is 82.6 Å². The number of carboxylic acids is 1. The first-order valence-electron chi connectivity index (χ1n) is 9.55. The number of rotatable bonds is 8. The molecule has 28 heavy (non-hydrogen) atoms. The molecule has 0 heterocycles. The van der Waals surface area contributed by atoms with Gasteiger partial charge in [-0.25, -0.2) is 0 Å². The summed E-state index contributed by atoms with van der Waals surface area (Å²) in [6.07, 6.45) is 1.62. The summed E-state index contributed by atoms with van der Waals surface area (Å²) in [5.74, 6) is -1.20. The average molecular weight is 392 g/mol. The van der Waals surface area contributed by atoms with Gasteiger partial charge in [-0.1, -0.05) is 49.9 Å². The predicted octanol–water partition coefficient (Wildman–Crippen LogP) is 6.72. The molecule has 0 spiro atoms. The van der Waals surface area contributed by atoms with E-state index in [2.05, 4.69) is 60.8 Å². The molecule has 144 valence electrons. The Labute approximate surface area is 170 Å². The van der Waals surface area contributed by atoms with Crippen molar-refractivity contribution in [1.82, 2.24) is 0 Å². The summed E-state index contributed by atoms with van der Waals surface area (Å²) in [4.78, 5) is 13.5. The van der Waals surface area contributed by atoms with Crippen LogP contribution < -0.4 is 5.32 Å². The van der Waals surface area contributed by atoms with Crippen molar-refractivity contribution in [2.75, 3.05) is 5.32 Å². The van der Waals surface area contributed by atoms with Crippen molar-refractivity contribution in [2.24, 2.45) is 0 Å². The normalized spacial score (nSPS) is 11.8. The van der Waals surface area contributed by atoms with Crippen molar-refractivity contribution in [3.8, 4) is 0 Å². The molecular weight excluding hydrogens is 366 g/mol. The second-order valence-corrected chi connectivity index (χ2v) is 7.82. The van der Waals surface area contributed by atoms with Crippen molar-refractivity contribution in [2.45, 2.75) is 42.4 Å². The van der Waals surface area contributed by atoms with Gasteiger partial charge >= 0.3 is 5.97 Å². The lowest BCUT2D eigenvalue weighted by atomic mass is 9.97. The third-order valence-corrected chi connectivity index (χ3v) is 5.72. The van der Waals surface area contributed by atoms with Gasteiger partial charge in [0.05, 0.1) is 5.92 Å². The second kappa shape index (κ2) is 9.47. The van der Waals surface area contributed by atoms with E-state index < -0.39 is 11.9 Å². The molecule has 0 aromatic heterocycles. The van der Waals surface area contributed by atoms with Gasteiger partial charge in [-0.15, -0.1) is 0 Å². The van der Waals surface area contributed by atoms with E-state index in [0.717, 1.165) is 33.2 Å². The SMILES string of the molecule is CCc1cccc(Nc2ccc(Sc3ccc(C(CC)C(=O)O)cc3)cc2)c1. The van der Waals surface area contributed by atoms with Crippen molar-refractivity contribution in [1.29, 1.82) is 0 Å². The topological polar surface area (TPSA) is 49.3 Å². The standard InChI is InChI=1S/C24H25NO2S/c1-3-17-6-5-7-20(16-17)25-19-10-14-22(15-11-19)28-21-12-8-18(9-13-21)23(4-2)24(26)27/h5-16,23,25H,3-4H2,1-2H3,(H,26,27). The van der Waals surface area contributed by atoms with Crippen LogP contribution in [0.3, 0.4) is 0 Å². The minimum absolute atomic E-state index is 0.435. The molecule has 0 fully saturated rings. The molecule has 0 amide bonds. The maximum absolute atomic E-state index is 11.3. The fraction of sp³-hybridized carbons (Fsp3) is 0.208. The summed E-state index contributed by atoms with van der Waals surface area (Å²) in [6.45, 7) is 4.05. The summed E-state index contributed by atoms with van der Waals surface area (Å²) in [5.41, 5.74) is 4.32. The van der Waals surface area contributed by atoms with Crippen LogP contribution in [-0.2, 0) is 11.2 Å². The van der Waals surface area contributed by atoms with E-state index >= 15 is 0 Å². The first-order chi connectivity index (χ1) is 13.6. The zero-order chi connectivity index (χ0) is 19.9. The second-order valence-electron chi connectivity index (χ2n) is 6.67. The van der Waals surface area contributed by atoms with E-state index in [1.807, 2.05) is 31.2 Å². The Bertz CT molecular complexity index is 920. The number of benzene rings is 3. The van der Waals surface area contributed by atoms with Gasteiger partial charge in [0.1, 0.15) is 0 Å². The van der Waals surface area contributed by atoms with Crippen LogP contribution in [0.5, 0.6) is 0 Å². The van der Waals surface area contributed by atoms with Crippen molar-refractivity contribution in [3.05, 3.63) is 83.9 Å². The molecule has 3 aromatic rings. The van der Waals surface area contributed by atoms with Gasteiger partial charge in [0, 0.05) is 21.2 Å². The van der Waals surface area contributed by atoms with Crippen LogP contribution in [0, 0.1) is 0 Å². The number of hydrogen-bond donors (Lipinski definition) is 2. The van der Waals surface area contributed by atoms with Crippen molar-refractivity contribution in [3.63, 3.8) is 0 Å². The zero-order valence-corrected chi connectivity index (χ0v) is 17.0. The molecule has 0 aliphatic heterocycles. The maximum atomic E-state index is 11.3. The first-order valence-corrected chi connectivity index (χ1v) is 10.4.